The first-order valence-electron chi connectivity index (χ1n) is 4.52. The molecule has 0 unspecified atom stereocenters. The molecule has 4 heteroatoms. The van der Waals surface area contributed by atoms with Crippen LogP contribution in [0.15, 0.2) is 24.3 Å². The molecule has 0 atom stereocenters. The van der Waals surface area contributed by atoms with E-state index >= 15 is 0 Å². The van der Waals surface area contributed by atoms with Crippen LogP contribution in [-0.4, -0.2) is 22.2 Å². The highest BCUT2D eigenvalue weighted by Gasteiger charge is 2.26. The second-order valence-electron chi connectivity index (χ2n) is 3.36. The Morgan fingerprint density at radius 3 is 2.20 bits per heavy atom. The van der Waals surface area contributed by atoms with Gasteiger partial charge in [-0.15, -0.1) is 0 Å². The third-order valence-corrected chi connectivity index (χ3v) is 2.28. The Labute approximate surface area is 87.2 Å². The molecule has 0 saturated heterocycles. The van der Waals surface area contributed by atoms with Crippen LogP contribution >= 0.6 is 0 Å². The first-order valence-corrected chi connectivity index (χ1v) is 4.52. The highest BCUT2D eigenvalue weighted by atomic mass is 16.4. The monoisotopic (exact) mass is 208 g/mol. The third kappa shape index (κ3) is 2.80. The van der Waals surface area contributed by atoms with Crippen molar-refractivity contribution in [1.82, 2.24) is 0 Å². The normalized spacial score (nSPS) is 10.3. The number of aryl methyl sites for hydroxylation is 1. The SMILES string of the molecule is Cc1ccccc1CC(C(=O)O)C(=O)O. The summed E-state index contributed by atoms with van der Waals surface area (Å²) in [6.07, 6.45) is 0.0251. The Balaban J connectivity index is 2.88. The van der Waals surface area contributed by atoms with Crippen molar-refractivity contribution in [3.8, 4) is 0 Å². The predicted octanol–water partition coefficient (Wildman–Crippen LogP) is 1.32. The molecule has 0 aliphatic carbocycles. The molecule has 0 heterocycles. The van der Waals surface area contributed by atoms with E-state index in [1.54, 1.807) is 12.1 Å². The van der Waals surface area contributed by atoms with Crippen molar-refractivity contribution in [1.29, 1.82) is 0 Å². The summed E-state index contributed by atoms with van der Waals surface area (Å²) in [6.45, 7) is 1.83. The highest BCUT2D eigenvalue weighted by molar-refractivity contribution is 5.93. The minimum absolute atomic E-state index is 0.0251. The molecule has 0 fully saturated rings. The van der Waals surface area contributed by atoms with E-state index in [2.05, 4.69) is 0 Å². The van der Waals surface area contributed by atoms with Crippen LogP contribution in [0.4, 0.5) is 0 Å². The molecule has 0 aliphatic heterocycles. The zero-order chi connectivity index (χ0) is 11.4. The number of aliphatic carboxylic acids is 2. The first-order chi connectivity index (χ1) is 7.02. The van der Waals surface area contributed by atoms with Crippen LogP contribution in [0.3, 0.4) is 0 Å². The maximum absolute atomic E-state index is 10.7. The van der Waals surface area contributed by atoms with Crippen LogP contribution in [0.5, 0.6) is 0 Å². The molecular weight excluding hydrogens is 196 g/mol. The molecule has 15 heavy (non-hydrogen) atoms. The Morgan fingerprint density at radius 1 is 1.20 bits per heavy atom. The van der Waals surface area contributed by atoms with Crippen molar-refractivity contribution in [3.63, 3.8) is 0 Å². The van der Waals surface area contributed by atoms with Crippen LogP contribution in [0, 0.1) is 12.8 Å². The molecule has 0 spiro atoms. The Morgan fingerprint density at radius 2 is 1.73 bits per heavy atom. The van der Waals surface area contributed by atoms with Crippen LogP contribution in [0.2, 0.25) is 0 Å². The summed E-state index contributed by atoms with van der Waals surface area (Å²) in [7, 11) is 0. The van der Waals surface area contributed by atoms with Crippen LogP contribution in [-0.2, 0) is 16.0 Å². The molecule has 80 valence electrons. The molecule has 1 aromatic rings. The van der Waals surface area contributed by atoms with Gasteiger partial charge in [-0.25, -0.2) is 0 Å². The van der Waals surface area contributed by atoms with Crippen molar-refractivity contribution in [3.05, 3.63) is 35.4 Å². The Hall–Kier alpha value is -1.84. The Bertz CT molecular complexity index is 370. The summed E-state index contributed by atoms with van der Waals surface area (Å²) in [5.41, 5.74) is 1.66. The Kier molecular flexibility index (Phi) is 3.44. The third-order valence-electron chi connectivity index (χ3n) is 2.28. The summed E-state index contributed by atoms with van der Waals surface area (Å²) >= 11 is 0. The number of hydrogen-bond donors (Lipinski definition) is 2. The summed E-state index contributed by atoms with van der Waals surface area (Å²) in [6, 6.07) is 7.17. The molecule has 1 aromatic carbocycles. The minimum atomic E-state index is -1.37. The molecule has 4 nitrogen and oxygen atoms in total. The molecule has 0 saturated carbocycles. The number of carboxylic acid groups (broad SMARTS) is 2. The zero-order valence-electron chi connectivity index (χ0n) is 8.30. The topological polar surface area (TPSA) is 74.6 Å². The average Bonchev–Trinajstić information content (AvgIpc) is 2.15. The first kappa shape index (κ1) is 11.2. The van der Waals surface area contributed by atoms with Crippen LogP contribution < -0.4 is 0 Å². The van der Waals surface area contributed by atoms with Gasteiger partial charge in [0.2, 0.25) is 0 Å². The minimum Gasteiger partial charge on any atom is -0.481 e. The number of rotatable bonds is 4. The maximum atomic E-state index is 10.7. The fourth-order valence-corrected chi connectivity index (χ4v) is 1.34. The van der Waals surface area contributed by atoms with Gasteiger partial charge in [0.1, 0.15) is 0 Å². The van der Waals surface area contributed by atoms with Gasteiger partial charge < -0.3 is 10.2 Å². The van der Waals surface area contributed by atoms with E-state index in [0.29, 0.717) is 0 Å². The van der Waals surface area contributed by atoms with Gasteiger partial charge in [0, 0.05) is 0 Å². The van der Waals surface area contributed by atoms with Gasteiger partial charge in [-0.3, -0.25) is 9.59 Å². The van der Waals surface area contributed by atoms with Crippen molar-refractivity contribution in [2.24, 2.45) is 5.92 Å². The van der Waals surface area contributed by atoms with E-state index in [-0.39, 0.29) is 6.42 Å². The molecular formula is C11H12O4. The fraction of sp³-hybridized carbons (Fsp3) is 0.273. The zero-order valence-corrected chi connectivity index (χ0v) is 8.30. The van der Waals surface area contributed by atoms with Crippen molar-refractivity contribution in [2.75, 3.05) is 0 Å². The molecule has 1 rings (SSSR count). The van der Waals surface area contributed by atoms with E-state index < -0.39 is 17.9 Å². The lowest BCUT2D eigenvalue weighted by molar-refractivity contribution is -0.154. The quantitative estimate of drug-likeness (QED) is 0.732. The van der Waals surface area contributed by atoms with Gasteiger partial charge in [-0.1, -0.05) is 24.3 Å². The lowest BCUT2D eigenvalue weighted by atomic mass is 9.96. The molecule has 2 N–H and O–H groups in total. The molecule has 0 radical (unpaired) electrons. The molecule has 0 bridgehead atoms. The van der Waals surface area contributed by atoms with Gasteiger partial charge in [-0.2, -0.15) is 0 Å². The molecule has 0 aliphatic rings. The van der Waals surface area contributed by atoms with Crippen LogP contribution in [0.1, 0.15) is 11.1 Å². The largest absolute Gasteiger partial charge is 0.481 e. The van der Waals surface area contributed by atoms with Crippen molar-refractivity contribution in [2.45, 2.75) is 13.3 Å². The molecule has 0 aromatic heterocycles. The smallest absolute Gasteiger partial charge is 0.318 e. The summed E-state index contributed by atoms with van der Waals surface area (Å²) < 4.78 is 0. The number of carboxylic acids is 2. The van der Waals surface area contributed by atoms with Gasteiger partial charge in [0.15, 0.2) is 5.92 Å². The second-order valence-corrected chi connectivity index (χ2v) is 3.36. The van der Waals surface area contributed by atoms with E-state index in [9.17, 15) is 9.59 Å². The van der Waals surface area contributed by atoms with Crippen LogP contribution in [0.25, 0.3) is 0 Å². The van der Waals surface area contributed by atoms with Crippen molar-refractivity contribution >= 4 is 11.9 Å². The summed E-state index contributed by atoms with van der Waals surface area (Å²) in [5.74, 6) is -3.97. The fourth-order valence-electron chi connectivity index (χ4n) is 1.34. The summed E-state index contributed by atoms with van der Waals surface area (Å²) in [5, 5.41) is 17.4. The molecule has 0 amide bonds. The number of benzene rings is 1. The van der Waals surface area contributed by atoms with Gasteiger partial charge in [0.25, 0.3) is 0 Å². The van der Waals surface area contributed by atoms with Crippen molar-refractivity contribution < 1.29 is 19.8 Å². The van der Waals surface area contributed by atoms with E-state index in [1.807, 2.05) is 19.1 Å². The van der Waals surface area contributed by atoms with E-state index in [0.717, 1.165) is 11.1 Å². The lowest BCUT2D eigenvalue weighted by Crippen LogP contribution is -2.25. The second kappa shape index (κ2) is 4.59. The highest BCUT2D eigenvalue weighted by Crippen LogP contribution is 2.13. The van der Waals surface area contributed by atoms with Gasteiger partial charge in [-0.05, 0) is 24.5 Å². The van der Waals surface area contributed by atoms with E-state index in [1.165, 1.54) is 0 Å². The summed E-state index contributed by atoms with van der Waals surface area (Å²) in [4.78, 5) is 21.4. The number of carbonyl (C=O) groups is 2. The predicted molar refractivity (Wildman–Crippen MR) is 53.6 cm³/mol. The van der Waals surface area contributed by atoms with Gasteiger partial charge >= 0.3 is 11.9 Å². The van der Waals surface area contributed by atoms with E-state index in [4.69, 9.17) is 10.2 Å². The average molecular weight is 208 g/mol. The number of hydrogen-bond acceptors (Lipinski definition) is 2. The van der Waals surface area contributed by atoms with Gasteiger partial charge in [0.05, 0.1) is 0 Å². The lowest BCUT2D eigenvalue weighted by Gasteiger charge is -2.09. The maximum Gasteiger partial charge on any atom is 0.318 e. The standard InChI is InChI=1S/C11H12O4/c1-7-4-2-3-5-8(7)6-9(10(12)13)11(14)15/h2-5,9H,6H2,1H3,(H,12,13)(H,14,15).